The Morgan fingerprint density at radius 3 is 1.67 bits per heavy atom. The van der Waals surface area contributed by atoms with E-state index < -0.39 is 0 Å². The number of ether oxygens (including phenoxy) is 1. The first-order chi connectivity index (χ1) is 14.9. The first kappa shape index (κ1) is 22.1. The van der Waals surface area contributed by atoms with Gasteiger partial charge in [0.15, 0.2) is 0 Å². The van der Waals surface area contributed by atoms with Crippen molar-refractivity contribution in [2.75, 3.05) is 13.2 Å². The molecule has 0 aliphatic rings. The predicted octanol–water partition coefficient (Wildman–Crippen LogP) is 3.65. The van der Waals surface area contributed by atoms with Crippen molar-refractivity contribution in [3.63, 3.8) is 0 Å². The van der Waals surface area contributed by atoms with Gasteiger partial charge in [-0.25, -0.2) is 0 Å². The van der Waals surface area contributed by atoms with Crippen LogP contribution in [0, 0.1) is 0 Å². The molecule has 0 aliphatic carbocycles. The van der Waals surface area contributed by atoms with E-state index >= 15 is 0 Å². The van der Waals surface area contributed by atoms with Crippen LogP contribution in [0.1, 0.15) is 42.4 Å². The van der Waals surface area contributed by atoms with E-state index in [9.17, 15) is 0 Å². The summed E-state index contributed by atoms with van der Waals surface area (Å²) in [6.45, 7) is 5.12. The van der Waals surface area contributed by atoms with Crippen LogP contribution >= 0.6 is 0 Å². The highest BCUT2D eigenvalue weighted by Crippen LogP contribution is 2.12. The average Bonchev–Trinajstić information content (AvgIpc) is 2.80. The highest BCUT2D eigenvalue weighted by atomic mass is 16.5. The number of benzene rings is 3. The van der Waals surface area contributed by atoms with Crippen molar-refractivity contribution >= 4 is 0 Å². The van der Waals surface area contributed by atoms with Crippen molar-refractivity contribution in [1.29, 1.82) is 0 Å². The first-order valence-corrected chi connectivity index (χ1v) is 11.3. The monoisotopic (exact) mass is 404 g/mol. The van der Waals surface area contributed by atoms with Crippen LogP contribution in [-0.4, -0.2) is 13.2 Å². The van der Waals surface area contributed by atoms with Crippen molar-refractivity contribution in [2.45, 2.75) is 45.3 Å². The Balaban J connectivity index is 1.18. The number of hydrogen-bond acceptors (Lipinski definition) is 1. The van der Waals surface area contributed by atoms with Gasteiger partial charge in [0, 0.05) is 16.7 Å². The number of unbranched alkanes of at least 4 members (excludes halogenated alkanes) is 3. The SMILES string of the molecule is c1ccc(C[NH2+]CCCCCCOc2ccc(C[NH2+]Cc3ccccc3)cc2)cc1. The molecule has 4 N–H and O–H groups in total. The fraction of sp³-hybridized carbons (Fsp3) is 0.333. The number of rotatable bonds is 14. The lowest BCUT2D eigenvalue weighted by atomic mass is 10.2. The van der Waals surface area contributed by atoms with Gasteiger partial charge in [0.1, 0.15) is 25.4 Å². The van der Waals surface area contributed by atoms with Gasteiger partial charge in [0.25, 0.3) is 0 Å². The van der Waals surface area contributed by atoms with Gasteiger partial charge in [-0.05, 0) is 49.9 Å². The molecule has 0 heterocycles. The molecule has 30 heavy (non-hydrogen) atoms. The highest BCUT2D eigenvalue weighted by molar-refractivity contribution is 5.26. The molecule has 0 saturated carbocycles. The third-order valence-electron chi connectivity index (χ3n) is 5.32. The summed E-state index contributed by atoms with van der Waals surface area (Å²) in [5.41, 5.74) is 4.11. The maximum atomic E-state index is 5.90. The molecule has 3 nitrogen and oxygen atoms in total. The van der Waals surface area contributed by atoms with Crippen molar-refractivity contribution in [1.82, 2.24) is 0 Å². The van der Waals surface area contributed by atoms with Crippen LogP contribution in [-0.2, 0) is 19.6 Å². The molecule has 0 amide bonds. The molecule has 3 rings (SSSR count). The molecular formula is C27H36N2O+2. The van der Waals surface area contributed by atoms with Gasteiger partial charge in [-0.2, -0.15) is 0 Å². The van der Waals surface area contributed by atoms with Gasteiger partial charge >= 0.3 is 0 Å². The zero-order valence-corrected chi connectivity index (χ0v) is 18.0. The van der Waals surface area contributed by atoms with Gasteiger partial charge < -0.3 is 15.4 Å². The van der Waals surface area contributed by atoms with Gasteiger partial charge in [-0.15, -0.1) is 0 Å². The minimum absolute atomic E-state index is 0.813. The fourth-order valence-electron chi connectivity index (χ4n) is 3.56. The summed E-state index contributed by atoms with van der Waals surface area (Å²) in [5.74, 6) is 0.984. The van der Waals surface area contributed by atoms with Crippen molar-refractivity contribution in [3.05, 3.63) is 102 Å². The van der Waals surface area contributed by atoms with Crippen molar-refractivity contribution in [2.24, 2.45) is 0 Å². The molecule has 0 aliphatic heterocycles. The van der Waals surface area contributed by atoms with E-state index in [1.54, 1.807) is 0 Å². The molecule has 158 valence electrons. The summed E-state index contributed by atoms with van der Waals surface area (Å²) in [7, 11) is 0. The largest absolute Gasteiger partial charge is 0.494 e. The van der Waals surface area contributed by atoms with Crippen LogP contribution < -0.4 is 15.4 Å². The molecule has 0 aromatic heterocycles. The Labute approximate surface area is 181 Å². The standard InChI is InChI=1S/C27H34N2O/c1(9-19-28-21-24-11-5-3-6-12-24)2-10-20-30-27-17-15-26(16-18-27)23-29-22-25-13-7-4-8-14-25/h3-8,11-18,28-29H,1-2,9-10,19-23H2/p+2. The predicted molar refractivity (Wildman–Crippen MR) is 123 cm³/mol. The Morgan fingerprint density at radius 2 is 1.03 bits per heavy atom. The summed E-state index contributed by atoms with van der Waals surface area (Å²) in [4.78, 5) is 0. The molecule has 3 aromatic rings. The molecule has 3 aromatic carbocycles. The van der Waals surface area contributed by atoms with Crippen molar-refractivity contribution in [3.8, 4) is 5.75 Å². The zero-order valence-electron chi connectivity index (χ0n) is 18.0. The second-order valence-corrected chi connectivity index (χ2v) is 7.86. The normalized spacial score (nSPS) is 10.8. The zero-order chi connectivity index (χ0) is 20.7. The second-order valence-electron chi connectivity index (χ2n) is 7.86. The number of quaternary nitrogens is 2. The fourth-order valence-corrected chi connectivity index (χ4v) is 3.56. The van der Waals surface area contributed by atoms with E-state index in [1.165, 1.54) is 42.5 Å². The lowest BCUT2D eigenvalue weighted by molar-refractivity contribution is -0.686. The highest BCUT2D eigenvalue weighted by Gasteiger charge is 2.00. The molecule has 0 saturated heterocycles. The van der Waals surface area contributed by atoms with Crippen LogP contribution in [0.5, 0.6) is 5.75 Å². The van der Waals surface area contributed by atoms with Gasteiger partial charge in [0.05, 0.1) is 13.2 Å². The summed E-state index contributed by atoms with van der Waals surface area (Å²) in [6, 6.07) is 29.9. The van der Waals surface area contributed by atoms with Crippen LogP contribution in [0.2, 0.25) is 0 Å². The summed E-state index contributed by atoms with van der Waals surface area (Å²) in [5, 5.41) is 4.74. The van der Waals surface area contributed by atoms with Crippen LogP contribution in [0.3, 0.4) is 0 Å². The molecule has 0 radical (unpaired) electrons. The van der Waals surface area contributed by atoms with Crippen LogP contribution in [0.4, 0.5) is 0 Å². The van der Waals surface area contributed by atoms with Gasteiger partial charge in [-0.1, -0.05) is 60.7 Å². The topological polar surface area (TPSA) is 42.5 Å². The molecule has 0 fully saturated rings. The minimum atomic E-state index is 0.813. The summed E-state index contributed by atoms with van der Waals surface area (Å²) in [6.07, 6.45) is 4.93. The van der Waals surface area contributed by atoms with Gasteiger partial charge in [0.2, 0.25) is 0 Å². The Morgan fingerprint density at radius 1 is 0.500 bits per heavy atom. The Kier molecular flexibility index (Phi) is 9.99. The molecule has 0 atom stereocenters. The maximum Gasteiger partial charge on any atom is 0.119 e. The van der Waals surface area contributed by atoms with E-state index in [-0.39, 0.29) is 0 Å². The lowest BCUT2D eigenvalue weighted by Gasteiger charge is -2.07. The maximum absolute atomic E-state index is 5.90. The van der Waals surface area contributed by atoms with E-state index in [1.807, 2.05) is 0 Å². The Hall–Kier alpha value is -2.62. The molecule has 0 bridgehead atoms. The van der Waals surface area contributed by atoms with E-state index in [0.29, 0.717) is 0 Å². The molecule has 0 unspecified atom stereocenters. The van der Waals surface area contributed by atoms with E-state index in [0.717, 1.165) is 38.4 Å². The molecular weight excluding hydrogens is 368 g/mol. The average molecular weight is 405 g/mol. The molecule has 3 heteroatoms. The summed E-state index contributed by atoms with van der Waals surface area (Å²) < 4.78 is 5.90. The minimum Gasteiger partial charge on any atom is -0.494 e. The first-order valence-electron chi connectivity index (χ1n) is 11.3. The molecule has 0 spiro atoms. The lowest BCUT2D eigenvalue weighted by Crippen LogP contribution is -2.82. The Bertz CT molecular complexity index is 803. The summed E-state index contributed by atoms with van der Waals surface area (Å²) >= 11 is 0. The van der Waals surface area contributed by atoms with Crippen molar-refractivity contribution < 1.29 is 15.4 Å². The quantitative estimate of drug-likeness (QED) is 0.396. The van der Waals surface area contributed by atoms with E-state index in [4.69, 9.17) is 4.74 Å². The van der Waals surface area contributed by atoms with Gasteiger partial charge in [-0.3, -0.25) is 0 Å². The van der Waals surface area contributed by atoms with Crippen LogP contribution in [0.25, 0.3) is 0 Å². The number of nitrogens with two attached hydrogens (primary N) is 2. The van der Waals surface area contributed by atoms with Crippen LogP contribution in [0.15, 0.2) is 84.9 Å². The smallest absolute Gasteiger partial charge is 0.119 e. The third kappa shape index (κ3) is 8.81. The third-order valence-corrected chi connectivity index (χ3v) is 5.32. The second kappa shape index (κ2) is 13.6. The number of hydrogen-bond donors (Lipinski definition) is 2. The van der Waals surface area contributed by atoms with E-state index in [2.05, 4.69) is 95.6 Å².